The Kier molecular flexibility index (Phi) is 3.43. The van der Waals surface area contributed by atoms with Crippen LogP contribution >= 0.6 is 0 Å². The molecule has 0 aliphatic carbocycles. The average molecular weight is 203 g/mol. The van der Waals surface area contributed by atoms with Gasteiger partial charge < -0.3 is 25.4 Å². The lowest BCUT2D eigenvalue weighted by molar-refractivity contribution is -0.147. The fourth-order valence-corrected chi connectivity index (χ4v) is 1.30. The van der Waals surface area contributed by atoms with E-state index in [9.17, 15) is 15.0 Å². The molecule has 80 valence electrons. The predicted octanol–water partition coefficient (Wildman–Crippen LogP) is -2.31. The fourth-order valence-electron chi connectivity index (χ4n) is 1.30. The van der Waals surface area contributed by atoms with Gasteiger partial charge in [-0.25, -0.2) is 0 Å². The number of ether oxygens (including phenoxy) is 2. The molecule has 0 amide bonds. The summed E-state index contributed by atoms with van der Waals surface area (Å²) in [7, 11) is 1.17. The van der Waals surface area contributed by atoms with Crippen molar-refractivity contribution >= 4 is 5.97 Å². The van der Waals surface area contributed by atoms with Crippen LogP contribution in [0.5, 0.6) is 0 Å². The Morgan fingerprint density at radius 3 is 2.50 bits per heavy atom. The van der Waals surface area contributed by atoms with Gasteiger partial charge in [-0.3, -0.25) is 4.79 Å². The number of esters is 1. The normalized spacial score (nSPS) is 39.5. The molecular formula is C8H13NO5. The lowest BCUT2D eigenvalue weighted by atomic mass is 10.0. The predicted molar refractivity (Wildman–Crippen MR) is 45.0 cm³/mol. The number of aliphatic hydroxyl groups excluding tert-OH is 2. The molecule has 1 aliphatic rings. The number of carbonyl (C=O) groups excluding carboxylic acids is 1. The molecule has 1 rings (SSSR count). The summed E-state index contributed by atoms with van der Waals surface area (Å²) in [5, 5.41) is 18.6. The maximum Gasteiger partial charge on any atom is 0.325 e. The van der Waals surface area contributed by atoms with Gasteiger partial charge in [-0.2, -0.15) is 0 Å². The van der Waals surface area contributed by atoms with E-state index in [-0.39, 0.29) is 0 Å². The molecule has 0 bridgehead atoms. The highest BCUT2D eigenvalue weighted by Gasteiger charge is 2.45. The second-order valence-corrected chi connectivity index (χ2v) is 3.10. The minimum atomic E-state index is -1.28. The van der Waals surface area contributed by atoms with Gasteiger partial charge in [-0.05, 0) is 6.92 Å². The number of nitrogens with two attached hydrogens (primary N) is 1. The first-order valence-corrected chi connectivity index (χ1v) is 4.09. The van der Waals surface area contributed by atoms with Crippen molar-refractivity contribution in [2.24, 2.45) is 5.73 Å². The number of hydrogen-bond donors (Lipinski definition) is 3. The molecule has 1 unspecified atom stereocenters. The summed E-state index contributed by atoms with van der Waals surface area (Å²) in [6.07, 6.45) is -4.59. The highest BCUT2D eigenvalue weighted by Crippen LogP contribution is 2.22. The van der Waals surface area contributed by atoms with Gasteiger partial charge in [0.2, 0.25) is 0 Å². The van der Waals surface area contributed by atoms with Gasteiger partial charge in [0.15, 0.2) is 0 Å². The van der Waals surface area contributed by atoms with Gasteiger partial charge in [0.25, 0.3) is 0 Å². The van der Waals surface area contributed by atoms with Crippen molar-refractivity contribution in [3.63, 3.8) is 0 Å². The van der Waals surface area contributed by atoms with E-state index in [1.54, 1.807) is 0 Å². The van der Waals surface area contributed by atoms with E-state index < -0.39 is 36.4 Å². The zero-order valence-corrected chi connectivity index (χ0v) is 7.66. The van der Waals surface area contributed by atoms with Crippen LogP contribution in [0.25, 0.3) is 0 Å². The van der Waals surface area contributed by atoms with Crippen molar-refractivity contribution in [2.45, 2.75) is 30.5 Å². The molecular weight excluding hydrogens is 190 g/mol. The van der Waals surface area contributed by atoms with Crippen LogP contribution in [0.3, 0.4) is 0 Å². The van der Waals surface area contributed by atoms with Gasteiger partial charge in [0.05, 0.1) is 13.2 Å². The van der Waals surface area contributed by atoms with Crippen LogP contribution in [0.15, 0.2) is 0 Å². The molecule has 0 aromatic carbocycles. The van der Waals surface area contributed by atoms with Crippen molar-refractivity contribution in [1.29, 1.82) is 0 Å². The molecule has 1 saturated heterocycles. The largest absolute Gasteiger partial charge is 0.468 e. The van der Waals surface area contributed by atoms with Crippen molar-refractivity contribution < 1.29 is 24.5 Å². The molecule has 0 saturated carbocycles. The molecule has 14 heavy (non-hydrogen) atoms. The Hall–Kier alpha value is -0.690. The van der Waals surface area contributed by atoms with E-state index in [0.717, 1.165) is 0 Å². The van der Waals surface area contributed by atoms with Gasteiger partial charge >= 0.3 is 5.97 Å². The second kappa shape index (κ2) is 4.22. The molecule has 4 N–H and O–H groups in total. The highest BCUT2D eigenvalue weighted by molar-refractivity contribution is 5.76. The topological polar surface area (TPSA) is 102 Å². The molecule has 5 atom stereocenters. The molecule has 1 fully saturated rings. The van der Waals surface area contributed by atoms with Gasteiger partial charge in [-0.1, -0.05) is 0 Å². The number of methoxy groups -OCH3 is 1. The molecule has 6 heteroatoms. The van der Waals surface area contributed by atoms with Gasteiger partial charge in [-0.15, -0.1) is 0 Å². The fraction of sp³-hybridized carbons (Fsp3) is 0.750. The first kappa shape index (κ1) is 11.4. The van der Waals surface area contributed by atoms with Crippen molar-refractivity contribution in [1.82, 2.24) is 0 Å². The van der Waals surface area contributed by atoms with Gasteiger partial charge in [0.1, 0.15) is 24.4 Å². The number of carbonyl (C=O) groups is 1. The molecule has 0 aromatic heterocycles. The standard InChI is InChI=1S/C8H13NO5/c1-3-5(10)6(11)7(14-3)4(9)8(12)13-2/h1,3-7,10-11H,9H2,2H3/t3-,4-,5?,6+,7-/m0/s1. The third-order valence-corrected chi connectivity index (χ3v) is 2.16. The summed E-state index contributed by atoms with van der Waals surface area (Å²) < 4.78 is 9.29. The van der Waals surface area contributed by atoms with Crippen molar-refractivity contribution in [3.05, 3.63) is 6.92 Å². The summed E-state index contributed by atoms with van der Waals surface area (Å²) in [6, 6.07) is -1.15. The lowest BCUT2D eigenvalue weighted by Gasteiger charge is -2.19. The van der Waals surface area contributed by atoms with E-state index in [1.165, 1.54) is 7.11 Å². The average Bonchev–Trinajstić information content (AvgIpc) is 2.43. The zero-order valence-electron chi connectivity index (χ0n) is 7.66. The smallest absolute Gasteiger partial charge is 0.325 e. The summed E-state index contributed by atoms with van der Waals surface area (Å²) >= 11 is 0. The second-order valence-electron chi connectivity index (χ2n) is 3.10. The Bertz CT molecular complexity index is 222. The minimum Gasteiger partial charge on any atom is -0.468 e. The molecule has 1 heterocycles. The Morgan fingerprint density at radius 2 is 2.14 bits per heavy atom. The quantitative estimate of drug-likeness (QED) is 0.436. The first-order valence-electron chi connectivity index (χ1n) is 4.09. The third-order valence-electron chi connectivity index (χ3n) is 2.16. The molecule has 6 nitrogen and oxygen atoms in total. The monoisotopic (exact) mass is 203 g/mol. The molecule has 1 aliphatic heterocycles. The van der Waals surface area contributed by atoms with Crippen LogP contribution in [-0.4, -0.2) is 53.7 Å². The number of hydrogen-bond acceptors (Lipinski definition) is 6. The van der Waals surface area contributed by atoms with Gasteiger partial charge in [0, 0.05) is 0 Å². The lowest BCUT2D eigenvalue weighted by Crippen LogP contribution is -2.48. The van der Waals surface area contributed by atoms with Crippen LogP contribution in [0, 0.1) is 6.92 Å². The van der Waals surface area contributed by atoms with E-state index in [1.807, 2.05) is 0 Å². The summed E-state index contributed by atoms with van der Waals surface area (Å²) in [5.41, 5.74) is 5.42. The maximum atomic E-state index is 11.0. The third kappa shape index (κ3) is 1.88. The minimum absolute atomic E-state index is 0.727. The first-order chi connectivity index (χ1) is 6.49. The van der Waals surface area contributed by atoms with Crippen molar-refractivity contribution in [3.8, 4) is 0 Å². The Balaban J connectivity index is 2.66. The summed E-state index contributed by atoms with van der Waals surface area (Å²) in [6.45, 7) is 5.30. The summed E-state index contributed by atoms with van der Waals surface area (Å²) in [5.74, 6) is -0.727. The molecule has 0 spiro atoms. The number of rotatable bonds is 2. The Morgan fingerprint density at radius 1 is 1.57 bits per heavy atom. The Labute approximate surface area is 81.6 Å². The molecule has 0 aromatic rings. The summed E-state index contributed by atoms with van der Waals surface area (Å²) in [4.78, 5) is 11.0. The van der Waals surface area contributed by atoms with E-state index in [4.69, 9.17) is 17.4 Å². The highest BCUT2D eigenvalue weighted by atomic mass is 16.6. The van der Waals surface area contributed by atoms with Crippen LogP contribution < -0.4 is 5.73 Å². The van der Waals surface area contributed by atoms with E-state index >= 15 is 0 Å². The van der Waals surface area contributed by atoms with Crippen LogP contribution in [0.2, 0.25) is 0 Å². The molecule has 2 radical (unpaired) electrons. The van der Waals surface area contributed by atoms with E-state index in [0.29, 0.717) is 0 Å². The zero-order chi connectivity index (χ0) is 10.9. The van der Waals surface area contributed by atoms with Crippen LogP contribution in [-0.2, 0) is 14.3 Å². The SMILES string of the molecule is [CH][C@@H]1O[C@@H]([C@H](N)C(=O)OC)[C@H](O)C1O. The van der Waals surface area contributed by atoms with E-state index in [2.05, 4.69) is 4.74 Å². The number of aliphatic hydroxyl groups is 2. The van der Waals surface area contributed by atoms with Crippen LogP contribution in [0.4, 0.5) is 0 Å². The maximum absolute atomic E-state index is 11.0. The van der Waals surface area contributed by atoms with Crippen molar-refractivity contribution in [2.75, 3.05) is 7.11 Å². The van der Waals surface area contributed by atoms with Crippen LogP contribution in [0.1, 0.15) is 0 Å².